The Bertz CT molecular complexity index is 1170. The SMILES string of the molecule is O=C(CCC1CC(c2cccc(-c3cccc(CN4CCCC4)c3)c2)=NO1)c1ccc(Cl)s1. The first kappa shape index (κ1) is 22.3. The number of hydrogen-bond acceptors (Lipinski definition) is 5. The molecule has 33 heavy (non-hydrogen) atoms. The van der Waals surface area contributed by atoms with Crippen molar-refractivity contribution in [2.75, 3.05) is 13.1 Å². The average molecular weight is 479 g/mol. The number of rotatable bonds is 8. The third-order valence-corrected chi connectivity index (χ3v) is 7.61. The molecule has 3 heterocycles. The predicted molar refractivity (Wildman–Crippen MR) is 135 cm³/mol. The van der Waals surface area contributed by atoms with Crippen LogP contribution in [0.25, 0.3) is 11.1 Å². The molecule has 1 atom stereocenters. The molecular formula is C27H27ClN2O2S. The summed E-state index contributed by atoms with van der Waals surface area (Å²) in [5.74, 6) is 0.111. The zero-order valence-electron chi connectivity index (χ0n) is 18.5. The Morgan fingerprint density at radius 2 is 1.79 bits per heavy atom. The second-order valence-corrected chi connectivity index (χ2v) is 10.5. The van der Waals surface area contributed by atoms with Gasteiger partial charge in [-0.3, -0.25) is 9.69 Å². The van der Waals surface area contributed by atoms with Crippen LogP contribution >= 0.6 is 22.9 Å². The van der Waals surface area contributed by atoms with Gasteiger partial charge in [-0.1, -0.05) is 53.2 Å². The third-order valence-electron chi connectivity index (χ3n) is 6.34. The molecule has 1 fully saturated rings. The van der Waals surface area contributed by atoms with Gasteiger partial charge >= 0.3 is 0 Å². The summed E-state index contributed by atoms with van der Waals surface area (Å²) in [5, 5.41) is 4.34. The van der Waals surface area contributed by atoms with Gasteiger partial charge in [-0.25, -0.2) is 0 Å². The standard InChI is InChI=1S/C27H27ClN2O2S/c28-27-12-11-26(33-27)25(31)10-9-23-17-24(29-32-23)22-8-4-7-21(16-22)20-6-3-5-19(15-20)18-30-13-1-2-14-30/h3-8,11-12,15-16,23H,1-2,9-10,13-14,17-18H2. The molecule has 5 rings (SSSR count). The third kappa shape index (κ3) is 5.55. The van der Waals surface area contributed by atoms with Gasteiger partial charge in [0.05, 0.1) is 14.9 Å². The van der Waals surface area contributed by atoms with Crippen LogP contribution in [0.2, 0.25) is 4.34 Å². The largest absolute Gasteiger partial charge is 0.392 e. The van der Waals surface area contributed by atoms with Gasteiger partial charge in [-0.05, 0) is 73.3 Å². The smallest absolute Gasteiger partial charge is 0.172 e. The fraction of sp³-hybridized carbons (Fsp3) is 0.333. The minimum atomic E-state index is -0.0631. The number of benzene rings is 2. The number of ketones is 1. The summed E-state index contributed by atoms with van der Waals surface area (Å²) in [7, 11) is 0. The van der Waals surface area contributed by atoms with Crippen LogP contribution in [-0.2, 0) is 11.4 Å². The van der Waals surface area contributed by atoms with Crippen molar-refractivity contribution >= 4 is 34.4 Å². The monoisotopic (exact) mass is 478 g/mol. The average Bonchev–Trinajstić information content (AvgIpc) is 3.60. The highest BCUT2D eigenvalue weighted by molar-refractivity contribution is 7.18. The maximum Gasteiger partial charge on any atom is 0.172 e. The Balaban J connectivity index is 1.21. The zero-order chi connectivity index (χ0) is 22.6. The first-order chi connectivity index (χ1) is 16.1. The quantitative estimate of drug-likeness (QED) is 0.333. The van der Waals surface area contributed by atoms with Crippen molar-refractivity contribution in [3.05, 3.63) is 81.0 Å². The van der Waals surface area contributed by atoms with Crippen LogP contribution in [0.3, 0.4) is 0 Å². The van der Waals surface area contributed by atoms with E-state index in [1.807, 2.05) is 0 Å². The van der Waals surface area contributed by atoms with Crippen LogP contribution in [0, 0.1) is 0 Å². The summed E-state index contributed by atoms with van der Waals surface area (Å²) in [5.41, 5.74) is 5.80. The summed E-state index contributed by atoms with van der Waals surface area (Å²) in [6, 6.07) is 20.9. The number of carbonyl (C=O) groups excluding carboxylic acids is 1. The molecule has 0 bridgehead atoms. The lowest BCUT2D eigenvalue weighted by molar-refractivity contribution is 0.0720. The molecule has 2 aliphatic rings. The van der Waals surface area contributed by atoms with E-state index in [4.69, 9.17) is 16.4 Å². The van der Waals surface area contributed by atoms with E-state index in [0.717, 1.165) is 24.2 Å². The number of likely N-dealkylation sites (tertiary alicyclic amines) is 1. The van der Waals surface area contributed by atoms with Crippen molar-refractivity contribution in [1.82, 2.24) is 4.90 Å². The van der Waals surface area contributed by atoms with Crippen molar-refractivity contribution in [2.45, 2.75) is 44.8 Å². The molecule has 0 amide bonds. The Labute approximate surface area is 203 Å². The number of thiophene rings is 1. The first-order valence-electron chi connectivity index (χ1n) is 11.6. The molecule has 0 spiro atoms. The summed E-state index contributed by atoms with van der Waals surface area (Å²) >= 11 is 7.27. The molecule has 4 nitrogen and oxygen atoms in total. The Morgan fingerprint density at radius 3 is 2.58 bits per heavy atom. The van der Waals surface area contributed by atoms with Crippen LogP contribution in [0.5, 0.6) is 0 Å². The lowest BCUT2D eigenvalue weighted by Crippen LogP contribution is -2.18. The van der Waals surface area contributed by atoms with Crippen molar-refractivity contribution in [1.29, 1.82) is 0 Å². The minimum Gasteiger partial charge on any atom is -0.392 e. The second kappa shape index (κ2) is 10.2. The predicted octanol–water partition coefficient (Wildman–Crippen LogP) is 6.82. The molecule has 2 aliphatic heterocycles. The molecule has 0 saturated carbocycles. The lowest BCUT2D eigenvalue weighted by atomic mass is 9.97. The van der Waals surface area contributed by atoms with E-state index in [0.29, 0.717) is 22.1 Å². The Morgan fingerprint density at radius 1 is 1.03 bits per heavy atom. The van der Waals surface area contributed by atoms with E-state index in [-0.39, 0.29) is 11.9 Å². The summed E-state index contributed by atoms with van der Waals surface area (Å²) in [4.78, 5) is 21.3. The fourth-order valence-electron chi connectivity index (χ4n) is 4.56. The molecule has 0 aliphatic carbocycles. The summed E-state index contributed by atoms with van der Waals surface area (Å²) in [6.45, 7) is 3.42. The molecule has 0 radical (unpaired) electrons. The topological polar surface area (TPSA) is 41.9 Å². The second-order valence-electron chi connectivity index (χ2n) is 8.80. The molecule has 1 unspecified atom stereocenters. The van der Waals surface area contributed by atoms with Crippen LogP contribution in [-0.4, -0.2) is 35.6 Å². The van der Waals surface area contributed by atoms with E-state index in [1.165, 1.54) is 54.0 Å². The van der Waals surface area contributed by atoms with Gasteiger partial charge in [0.2, 0.25) is 0 Å². The molecule has 3 aromatic rings. The van der Waals surface area contributed by atoms with Crippen molar-refractivity contribution < 1.29 is 9.63 Å². The Hall–Kier alpha value is -2.47. The van der Waals surface area contributed by atoms with Crippen LogP contribution in [0.4, 0.5) is 0 Å². The highest BCUT2D eigenvalue weighted by atomic mass is 35.5. The maximum absolute atomic E-state index is 12.4. The number of halogens is 1. The van der Waals surface area contributed by atoms with Gasteiger partial charge in [-0.2, -0.15) is 0 Å². The molecular weight excluding hydrogens is 452 g/mol. The van der Waals surface area contributed by atoms with E-state index < -0.39 is 0 Å². The molecule has 1 saturated heterocycles. The van der Waals surface area contributed by atoms with Gasteiger partial charge in [0.15, 0.2) is 5.78 Å². The van der Waals surface area contributed by atoms with E-state index in [1.54, 1.807) is 12.1 Å². The zero-order valence-corrected chi connectivity index (χ0v) is 20.1. The van der Waals surface area contributed by atoms with Crippen LogP contribution < -0.4 is 0 Å². The number of nitrogens with zero attached hydrogens (tertiary/aromatic N) is 2. The van der Waals surface area contributed by atoms with Gasteiger partial charge in [0, 0.05) is 24.9 Å². The fourth-order valence-corrected chi connectivity index (χ4v) is 5.57. The van der Waals surface area contributed by atoms with Crippen molar-refractivity contribution in [3.8, 4) is 11.1 Å². The number of hydrogen-bond donors (Lipinski definition) is 0. The van der Waals surface area contributed by atoms with Gasteiger partial charge < -0.3 is 4.84 Å². The number of carbonyl (C=O) groups is 1. The molecule has 170 valence electrons. The number of oxime groups is 1. The maximum atomic E-state index is 12.4. The minimum absolute atomic E-state index is 0.0631. The summed E-state index contributed by atoms with van der Waals surface area (Å²) < 4.78 is 0.641. The van der Waals surface area contributed by atoms with Gasteiger partial charge in [-0.15, -0.1) is 11.3 Å². The van der Waals surface area contributed by atoms with E-state index in [9.17, 15) is 4.79 Å². The summed E-state index contributed by atoms with van der Waals surface area (Å²) in [6.07, 6.45) is 4.37. The van der Waals surface area contributed by atoms with Crippen LogP contribution in [0.15, 0.2) is 65.8 Å². The van der Waals surface area contributed by atoms with Crippen LogP contribution in [0.1, 0.15) is 52.9 Å². The van der Waals surface area contributed by atoms with Crippen molar-refractivity contribution in [2.24, 2.45) is 5.16 Å². The molecule has 0 N–H and O–H groups in total. The highest BCUT2D eigenvalue weighted by Crippen LogP contribution is 2.27. The number of Topliss-reactive ketones (excluding diaryl/α,β-unsaturated/α-hetero) is 1. The van der Waals surface area contributed by atoms with E-state index >= 15 is 0 Å². The first-order valence-corrected chi connectivity index (χ1v) is 12.8. The van der Waals surface area contributed by atoms with Gasteiger partial charge in [0.1, 0.15) is 6.10 Å². The van der Waals surface area contributed by atoms with Gasteiger partial charge in [0.25, 0.3) is 0 Å². The molecule has 1 aromatic heterocycles. The van der Waals surface area contributed by atoms with Crippen molar-refractivity contribution in [3.63, 3.8) is 0 Å². The van der Waals surface area contributed by atoms with E-state index in [2.05, 4.69) is 58.6 Å². The molecule has 6 heteroatoms. The Kier molecular flexibility index (Phi) is 6.91. The molecule has 2 aromatic carbocycles. The normalized spacial score (nSPS) is 18.3. The highest BCUT2D eigenvalue weighted by Gasteiger charge is 2.24. The lowest BCUT2D eigenvalue weighted by Gasteiger charge is -2.15.